The third-order valence-electron chi connectivity index (χ3n) is 7.56. The molecule has 0 fully saturated rings. The third-order valence-corrected chi connectivity index (χ3v) is 12.1. The van der Waals surface area contributed by atoms with E-state index >= 15 is 0 Å². The fourth-order valence-corrected chi connectivity index (χ4v) is 5.21. The summed E-state index contributed by atoms with van der Waals surface area (Å²) in [5, 5.41) is 3.12. The summed E-state index contributed by atoms with van der Waals surface area (Å²) in [7, 11) is 0.0453. The van der Waals surface area contributed by atoms with Gasteiger partial charge in [0.15, 0.2) is 8.32 Å². The van der Waals surface area contributed by atoms with Crippen molar-refractivity contribution in [2.24, 2.45) is 0 Å². The van der Waals surface area contributed by atoms with Gasteiger partial charge in [-0.25, -0.2) is 4.79 Å². The fraction of sp³-hybridized carbons (Fsp3) is 0.735. The van der Waals surface area contributed by atoms with Crippen LogP contribution in [0.4, 0.5) is 10.5 Å². The molecule has 0 aliphatic carbocycles. The minimum Gasteiger partial charge on any atom is -0.495 e. The van der Waals surface area contributed by atoms with E-state index in [0.29, 0.717) is 22.0 Å². The highest BCUT2D eigenvalue weighted by Gasteiger charge is 2.36. The number of amides is 1. The van der Waals surface area contributed by atoms with E-state index in [1.165, 1.54) is 70.6 Å². The van der Waals surface area contributed by atoms with Crippen molar-refractivity contribution in [3.8, 4) is 17.6 Å². The van der Waals surface area contributed by atoms with Gasteiger partial charge in [0.1, 0.15) is 11.4 Å². The first-order chi connectivity index (χ1) is 18.8. The Bertz CT molecular complexity index is 919. The molecule has 0 atom stereocenters. The quantitative estimate of drug-likeness (QED) is 0.114. The second-order valence-electron chi connectivity index (χ2n) is 13.4. The van der Waals surface area contributed by atoms with E-state index in [1.54, 1.807) is 7.11 Å². The minimum atomic E-state index is -1.57. The second kappa shape index (κ2) is 18.5. The maximum absolute atomic E-state index is 12.2. The number of anilines is 1. The fourth-order valence-electron chi connectivity index (χ4n) is 4.13. The zero-order chi connectivity index (χ0) is 30.1. The summed E-state index contributed by atoms with van der Waals surface area (Å²) in [5.41, 5.74) is 0.738. The molecular formula is C34H59NO4Si. The van der Waals surface area contributed by atoms with Crippen LogP contribution in [0.2, 0.25) is 18.1 Å². The summed E-state index contributed by atoms with van der Waals surface area (Å²) >= 11 is 0. The molecule has 5 nitrogen and oxygen atoms in total. The third kappa shape index (κ3) is 15.7. The number of benzene rings is 1. The van der Waals surface area contributed by atoms with Gasteiger partial charge in [-0.1, -0.05) is 103 Å². The molecule has 0 heterocycles. The number of carbonyl (C=O) groups excluding carboxylic acids is 1. The van der Waals surface area contributed by atoms with Crippen LogP contribution in [-0.4, -0.2) is 33.7 Å². The first kappa shape index (κ1) is 36.1. The lowest BCUT2D eigenvalue weighted by Crippen LogP contribution is -2.40. The molecule has 1 rings (SSSR count). The SMILES string of the molecule is COc1cccc(NC(=O)OC(C)(C)C)c1C#CCCCCCCCCCCCCCCO[Si](C)(C)C(C)(C)C. The van der Waals surface area contributed by atoms with Crippen molar-refractivity contribution < 1.29 is 18.7 Å². The van der Waals surface area contributed by atoms with Crippen molar-refractivity contribution in [2.45, 2.75) is 149 Å². The molecule has 1 amide bonds. The molecule has 0 radical (unpaired) electrons. The van der Waals surface area contributed by atoms with Gasteiger partial charge in [-0.3, -0.25) is 5.32 Å². The van der Waals surface area contributed by atoms with Crippen molar-refractivity contribution in [2.75, 3.05) is 19.0 Å². The zero-order valence-corrected chi connectivity index (χ0v) is 28.3. The van der Waals surface area contributed by atoms with E-state index in [0.717, 1.165) is 19.4 Å². The predicted molar refractivity (Wildman–Crippen MR) is 173 cm³/mol. The van der Waals surface area contributed by atoms with E-state index < -0.39 is 20.0 Å². The van der Waals surface area contributed by atoms with Crippen LogP contribution in [0, 0.1) is 11.8 Å². The number of unbranched alkanes of at least 4 members (excludes halogenated alkanes) is 12. The van der Waals surface area contributed by atoms with Crippen molar-refractivity contribution in [3.63, 3.8) is 0 Å². The van der Waals surface area contributed by atoms with E-state index in [-0.39, 0.29) is 0 Å². The van der Waals surface area contributed by atoms with Crippen LogP contribution >= 0.6 is 0 Å². The summed E-state index contributed by atoms with van der Waals surface area (Å²) in [6.07, 6.45) is 15.9. The van der Waals surface area contributed by atoms with Gasteiger partial charge in [0.2, 0.25) is 0 Å². The number of nitrogens with one attached hydrogen (secondary N) is 1. The smallest absolute Gasteiger partial charge is 0.412 e. The lowest BCUT2D eigenvalue weighted by atomic mass is 10.0. The molecule has 0 saturated carbocycles. The highest BCUT2D eigenvalue weighted by Crippen LogP contribution is 2.36. The van der Waals surface area contributed by atoms with Crippen LogP contribution in [0.1, 0.15) is 131 Å². The van der Waals surface area contributed by atoms with E-state index in [4.69, 9.17) is 13.9 Å². The molecule has 1 N–H and O–H groups in total. The van der Waals surface area contributed by atoms with Crippen LogP contribution in [0.15, 0.2) is 18.2 Å². The van der Waals surface area contributed by atoms with Crippen LogP contribution in [0.3, 0.4) is 0 Å². The van der Waals surface area contributed by atoms with Gasteiger partial charge in [-0.05, 0) is 63.9 Å². The molecule has 228 valence electrons. The van der Waals surface area contributed by atoms with Crippen LogP contribution in [0.5, 0.6) is 5.75 Å². The van der Waals surface area contributed by atoms with Crippen molar-refractivity contribution in [3.05, 3.63) is 23.8 Å². The summed E-state index contributed by atoms with van der Waals surface area (Å²) in [4.78, 5) is 12.2. The Labute approximate surface area is 247 Å². The van der Waals surface area contributed by atoms with Crippen LogP contribution in [-0.2, 0) is 9.16 Å². The Morgan fingerprint density at radius 2 is 1.35 bits per heavy atom. The zero-order valence-electron chi connectivity index (χ0n) is 27.3. The molecule has 0 aromatic heterocycles. The number of hydrogen-bond acceptors (Lipinski definition) is 4. The molecule has 0 spiro atoms. The van der Waals surface area contributed by atoms with Crippen molar-refractivity contribution in [1.29, 1.82) is 0 Å². The van der Waals surface area contributed by atoms with Crippen molar-refractivity contribution >= 4 is 20.1 Å². The van der Waals surface area contributed by atoms with Crippen molar-refractivity contribution in [1.82, 2.24) is 0 Å². The summed E-state index contributed by atoms with van der Waals surface area (Å²) in [5.74, 6) is 7.13. The molecule has 1 aromatic rings. The maximum Gasteiger partial charge on any atom is 0.412 e. The Morgan fingerprint density at radius 1 is 0.825 bits per heavy atom. The number of methoxy groups -OCH3 is 1. The summed E-state index contributed by atoms with van der Waals surface area (Å²) in [6.45, 7) is 18.1. The molecule has 0 bridgehead atoms. The lowest BCUT2D eigenvalue weighted by molar-refractivity contribution is 0.0636. The van der Waals surface area contributed by atoms with Gasteiger partial charge in [0.25, 0.3) is 0 Å². The molecule has 0 saturated heterocycles. The highest BCUT2D eigenvalue weighted by atomic mass is 28.4. The molecule has 6 heteroatoms. The monoisotopic (exact) mass is 573 g/mol. The summed E-state index contributed by atoms with van der Waals surface area (Å²) < 4.78 is 17.1. The second-order valence-corrected chi connectivity index (χ2v) is 18.2. The Hall–Kier alpha value is -1.97. The van der Waals surface area contributed by atoms with Crippen LogP contribution in [0.25, 0.3) is 0 Å². The van der Waals surface area contributed by atoms with Gasteiger partial charge >= 0.3 is 6.09 Å². The topological polar surface area (TPSA) is 56.8 Å². The van der Waals surface area contributed by atoms with Gasteiger partial charge in [0, 0.05) is 13.0 Å². The first-order valence-electron chi connectivity index (χ1n) is 15.6. The normalized spacial score (nSPS) is 12.0. The molecule has 40 heavy (non-hydrogen) atoms. The molecular weight excluding hydrogens is 514 g/mol. The maximum atomic E-state index is 12.2. The van der Waals surface area contributed by atoms with E-state index in [1.807, 2.05) is 39.0 Å². The Morgan fingerprint density at radius 3 is 1.85 bits per heavy atom. The number of rotatable bonds is 17. The molecule has 0 unspecified atom stereocenters. The van der Waals surface area contributed by atoms with Gasteiger partial charge < -0.3 is 13.9 Å². The van der Waals surface area contributed by atoms with Gasteiger partial charge in [0.05, 0.1) is 18.4 Å². The lowest BCUT2D eigenvalue weighted by Gasteiger charge is -2.36. The van der Waals surface area contributed by atoms with E-state index in [2.05, 4.69) is 51.0 Å². The number of ether oxygens (including phenoxy) is 2. The number of carbonyl (C=O) groups is 1. The van der Waals surface area contributed by atoms with Crippen LogP contribution < -0.4 is 10.1 Å². The predicted octanol–water partition coefficient (Wildman–Crippen LogP) is 10.5. The first-order valence-corrected chi connectivity index (χ1v) is 18.5. The average Bonchev–Trinajstić information content (AvgIpc) is 2.84. The molecule has 0 aliphatic heterocycles. The molecule has 0 aliphatic rings. The Kier molecular flexibility index (Phi) is 16.6. The summed E-state index contributed by atoms with van der Waals surface area (Å²) in [6, 6.07) is 5.52. The average molecular weight is 574 g/mol. The standard InChI is InChI=1S/C34H59NO4Si/c1-33(2,3)39-32(36)35-30-26-24-27-31(37-7)29(30)25-22-20-18-16-14-12-10-11-13-15-17-19-21-23-28-38-40(8,9)34(4,5)6/h24,26-27H,10-21,23,28H2,1-9H3,(H,35,36). The highest BCUT2D eigenvalue weighted by molar-refractivity contribution is 6.74. The number of hydrogen-bond donors (Lipinski definition) is 1. The largest absolute Gasteiger partial charge is 0.495 e. The minimum absolute atomic E-state index is 0.312. The van der Waals surface area contributed by atoms with Gasteiger partial charge in [-0.15, -0.1) is 0 Å². The molecule has 1 aromatic carbocycles. The Balaban J connectivity index is 2.15. The van der Waals surface area contributed by atoms with Gasteiger partial charge in [-0.2, -0.15) is 0 Å². The van der Waals surface area contributed by atoms with E-state index in [9.17, 15) is 4.79 Å².